The number of nitrogens with one attached hydrogen (secondary N) is 1. The summed E-state index contributed by atoms with van der Waals surface area (Å²) in [7, 11) is 0. The van der Waals surface area contributed by atoms with E-state index in [-0.39, 0.29) is 24.8 Å². The van der Waals surface area contributed by atoms with Crippen LogP contribution in [0.3, 0.4) is 0 Å². The Morgan fingerprint density at radius 3 is 1.90 bits per heavy atom. The van der Waals surface area contributed by atoms with Crippen molar-refractivity contribution in [3.8, 4) is 0 Å². The van der Waals surface area contributed by atoms with Gasteiger partial charge in [0.1, 0.15) is 0 Å². The fourth-order valence-corrected chi connectivity index (χ4v) is 22.9. The van der Waals surface area contributed by atoms with E-state index < -0.39 is 20.3 Å². The van der Waals surface area contributed by atoms with Crippen LogP contribution in [0.5, 0.6) is 0 Å². The zero-order chi connectivity index (χ0) is 14.3. The first kappa shape index (κ1) is 21.2. The van der Waals surface area contributed by atoms with Gasteiger partial charge in [-0.3, -0.25) is 0 Å². The molecule has 0 saturated heterocycles. The van der Waals surface area contributed by atoms with Crippen molar-refractivity contribution in [1.82, 2.24) is 4.98 Å². The first-order chi connectivity index (χ1) is 8.71. The molecule has 0 fully saturated rings. The zero-order valence-electron chi connectivity index (χ0n) is 14.0. The van der Waals surface area contributed by atoms with E-state index >= 15 is 0 Å². The molecule has 120 valence electrons. The van der Waals surface area contributed by atoms with Gasteiger partial charge in [0.05, 0.1) is 0 Å². The molecule has 0 bridgehead atoms. The van der Waals surface area contributed by atoms with Gasteiger partial charge in [0.2, 0.25) is 0 Å². The predicted molar refractivity (Wildman–Crippen MR) is 96.2 cm³/mol. The van der Waals surface area contributed by atoms with Crippen molar-refractivity contribution in [2.24, 2.45) is 0 Å². The van der Waals surface area contributed by atoms with E-state index in [1.165, 1.54) is 0 Å². The maximum atomic E-state index is 3.59. The van der Waals surface area contributed by atoms with E-state index in [2.05, 4.69) is 83.1 Å². The molecule has 4 heteroatoms. The number of H-pyrrole nitrogens is 1. The van der Waals surface area contributed by atoms with E-state index in [4.69, 9.17) is 0 Å². The number of hydrogen-bond donors (Lipinski definition) is 1. The van der Waals surface area contributed by atoms with E-state index in [0.29, 0.717) is 6.25 Å². The molecule has 1 heterocycles. The maximum Gasteiger partial charge on any atom is -0.147 e. The Morgan fingerprint density at radius 2 is 1.57 bits per heavy atom. The van der Waals surface area contributed by atoms with Crippen LogP contribution in [0.4, 0.5) is 0 Å². The molecule has 0 atom stereocenters. The number of allylic oxidation sites excluding steroid dienone is 4. The van der Waals surface area contributed by atoms with E-state index in [9.17, 15) is 0 Å². The Labute approximate surface area is 146 Å². The van der Waals surface area contributed by atoms with Gasteiger partial charge in [0, 0.05) is 0 Å². The Balaban J connectivity index is 0.00000200. The third-order valence-corrected chi connectivity index (χ3v) is 21.6. The van der Waals surface area contributed by atoms with Crippen LogP contribution >= 0.6 is 24.8 Å². The van der Waals surface area contributed by atoms with Crippen molar-refractivity contribution in [3.63, 3.8) is 0 Å². The number of aromatic amines is 1. The summed E-state index contributed by atoms with van der Waals surface area (Å²) in [6.45, 7) is 14.7. The van der Waals surface area contributed by atoms with Crippen LogP contribution in [0.1, 0.15) is 48.0 Å². The van der Waals surface area contributed by atoms with Crippen molar-refractivity contribution in [2.75, 3.05) is 0 Å². The Kier molecular flexibility index (Phi) is 7.27. The summed E-state index contributed by atoms with van der Waals surface area (Å²) in [4.78, 5) is 3.59. The van der Waals surface area contributed by atoms with Gasteiger partial charge in [-0.2, -0.15) is 0 Å². The predicted octanol–water partition coefficient (Wildman–Crippen LogP) is 5.92. The number of hydrogen-bond acceptors (Lipinski definition) is 0. The van der Waals surface area contributed by atoms with Gasteiger partial charge >= 0.3 is 123 Å². The summed E-state index contributed by atoms with van der Waals surface area (Å²) < 4.78 is 3.99. The van der Waals surface area contributed by atoms with E-state index in [1.54, 1.807) is 6.68 Å². The summed E-state index contributed by atoms with van der Waals surface area (Å²) in [5.74, 6) is 0. The summed E-state index contributed by atoms with van der Waals surface area (Å²) in [5, 5.41) is 0. The van der Waals surface area contributed by atoms with Crippen molar-refractivity contribution < 1.29 is 20.3 Å². The van der Waals surface area contributed by atoms with Gasteiger partial charge < -0.3 is 0 Å². The minimum atomic E-state index is -2.80. The third kappa shape index (κ3) is 3.43. The van der Waals surface area contributed by atoms with Crippen LogP contribution in [-0.2, 0) is 20.3 Å². The largest absolute Gasteiger partial charge is 0.147 e. The number of halogens is 2. The molecule has 0 spiro atoms. The molecule has 0 aliphatic heterocycles. The third-order valence-electron chi connectivity index (χ3n) is 4.50. The average molecular weight is 410 g/mol. The molecule has 0 saturated carbocycles. The second kappa shape index (κ2) is 7.20. The standard InChI is InChI=1S/C5H5.C4H4N.2C4H9.2ClH.Zr/c2*1-2-4-5-3-1;2*1-4(2)3;;;/h1-3H,4H2;1-3,5H;2*1-3H3;2*1H;. The van der Waals surface area contributed by atoms with Gasteiger partial charge in [-0.1, -0.05) is 0 Å². The van der Waals surface area contributed by atoms with Gasteiger partial charge in [0.25, 0.3) is 0 Å². The molecule has 0 amide bonds. The van der Waals surface area contributed by atoms with Crippen LogP contribution in [0.25, 0.3) is 0 Å². The van der Waals surface area contributed by atoms with Crippen LogP contribution in [-0.4, -0.2) is 4.98 Å². The Hall–Kier alpha value is 0.223. The van der Waals surface area contributed by atoms with E-state index in [1.807, 2.05) is 0 Å². The molecule has 1 N–H and O–H groups in total. The minimum Gasteiger partial charge on any atom is -0.147 e. The van der Waals surface area contributed by atoms with Crippen molar-refractivity contribution >= 4 is 28.2 Å². The molecule has 21 heavy (non-hydrogen) atoms. The molecule has 1 aliphatic carbocycles. The molecule has 0 unspecified atom stereocenters. The number of rotatable bonds is 2. The maximum absolute atomic E-state index is 3.59. The molecule has 1 aliphatic rings. The zero-order valence-corrected chi connectivity index (χ0v) is 18.1. The average Bonchev–Trinajstić information content (AvgIpc) is 2.85. The van der Waals surface area contributed by atoms with Crippen molar-refractivity contribution in [3.05, 3.63) is 39.8 Å². The molecule has 0 radical (unpaired) electrons. The van der Waals surface area contributed by atoms with Gasteiger partial charge in [-0.05, 0) is 0 Å². The summed E-state index contributed by atoms with van der Waals surface area (Å²) in [5.41, 5.74) is 0. The van der Waals surface area contributed by atoms with Crippen LogP contribution in [0.2, 0.25) is 6.25 Å². The Morgan fingerprint density at radius 1 is 1.00 bits per heavy atom. The first-order valence-electron chi connectivity index (χ1n) is 7.21. The molecule has 1 nitrogen and oxygen atoms in total. The number of aromatic nitrogens is 1. The molecule has 2 rings (SSSR count). The topological polar surface area (TPSA) is 15.8 Å². The molecule has 0 aromatic carbocycles. The fourth-order valence-electron chi connectivity index (χ4n) is 4.36. The van der Waals surface area contributed by atoms with E-state index in [0.717, 1.165) is 6.42 Å². The minimum absolute atomic E-state index is 0. The SMILES string of the molecule is C[C](C)(C)[Zr]([C]1=CC=CC1)([c]1ccc[nH]1)[C](C)(C)C.Cl.Cl. The quantitative estimate of drug-likeness (QED) is 0.624. The molecule has 1 aromatic rings. The van der Waals surface area contributed by atoms with Crippen LogP contribution in [0, 0.1) is 0 Å². The molecular weight excluding hydrogens is 380 g/mol. The molecule has 1 aromatic heterocycles. The fraction of sp³-hybridized carbons (Fsp3) is 0.529. The van der Waals surface area contributed by atoms with Gasteiger partial charge in [-0.15, -0.1) is 24.8 Å². The smallest absolute Gasteiger partial charge is 0.147 e. The van der Waals surface area contributed by atoms with Crippen molar-refractivity contribution in [1.29, 1.82) is 0 Å². The Bertz CT molecular complexity index is 488. The normalized spacial score (nSPS) is 15.2. The second-order valence-electron chi connectivity index (χ2n) is 7.66. The van der Waals surface area contributed by atoms with Crippen molar-refractivity contribution in [2.45, 2.75) is 54.2 Å². The van der Waals surface area contributed by atoms with Crippen LogP contribution in [0.15, 0.2) is 39.8 Å². The van der Waals surface area contributed by atoms with Crippen LogP contribution < -0.4 is 3.40 Å². The summed E-state index contributed by atoms with van der Waals surface area (Å²) >= 11 is -2.80. The van der Waals surface area contributed by atoms with Gasteiger partial charge in [0.15, 0.2) is 0 Å². The molecular formula is C17H29Cl2NZr. The second-order valence-corrected chi connectivity index (χ2v) is 21.6. The summed E-state index contributed by atoms with van der Waals surface area (Å²) in [6.07, 6.45) is 10.2. The first-order valence-corrected chi connectivity index (χ1v) is 12.1. The summed E-state index contributed by atoms with van der Waals surface area (Å²) in [6, 6.07) is 4.51. The monoisotopic (exact) mass is 407 g/mol. The van der Waals surface area contributed by atoms with Gasteiger partial charge in [-0.25, -0.2) is 0 Å².